The lowest BCUT2D eigenvalue weighted by Crippen LogP contribution is -2.51. The Balaban J connectivity index is 1.30. The van der Waals surface area contributed by atoms with Crippen molar-refractivity contribution in [1.82, 2.24) is 24.2 Å². The number of nitrogens with one attached hydrogen (secondary N) is 1. The molecule has 0 saturated carbocycles. The highest BCUT2D eigenvalue weighted by molar-refractivity contribution is 7.84. The lowest BCUT2D eigenvalue weighted by atomic mass is 9.89. The zero-order valence-corrected chi connectivity index (χ0v) is 24.4. The molecule has 1 N–H and O–H groups in total. The van der Waals surface area contributed by atoms with Crippen molar-refractivity contribution >= 4 is 50.3 Å². The summed E-state index contributed by atoms with van der Waals surface area (Å²) >= 11 is 13.0. The predicted molar refractivity (Wildman–Crippen MR) is 153 cm³/mol. The van der Waals surface area contributed by atoms with Crippen LogP contribution in [0.1, 0.15) is 40.4 Å². The molecular formula is C27H33Cl2N5O4S. The second-order valence-corrected chi connectivity index (χ2v) is 12.6. The van der Waals surface area contributed by atoms with Crippen LogP contribution in [0.5, 0.6) is 0 Å². The maximum atomic E-state index is 13.7. The van der Waals surface area contributed by atoms with Gasteiger partial charge >= 0.3 is 10.3 Å². The summed E-state index contributed by atoms with van der Waals surface area (Å²) in [5.74, 6) is 0.181. The standard InChI is InChI=1S/C27H33Cl2N5O4S/c1-31(2)38-39(36,37)34-16-14-33(15-17-34)27(35)26-21(20-6-3-4-9-24(20)30-26)18-32-12-10-19(11-13-32)25-22(28)7-5-8-23(25)29/h3-9,19,30H,10-18H2,1-2H3. The first-order chi connectivity index (χ1) is 18.6. The number of aromatic nitrogens is 1. The summed E-state index contributed by atoms with van der Waals surface area (Å²) in [6, 6.07) is 13.6. The molecule has 9 nitrogen and oxygen atoms in total. The van der Waals surface area contributed by atoms with Crippen molar-refractivity contribution in [2.24, 2.45) is 0 Å². The van der Waals surface area contributed by atoms with Crippen molar-refractivity contribution < 1.29 is 17.5 Å². The number of nitrogens with zero attached hydrogens (tertiary/aromatic N) is 4. The van der Waals surface area contributed by atoms with Gasteiger partial charge in [-0.3, -0.25) is 9.69 Å². The molecule has 3 heterocycles. The molecule has 0 atom stereocenters. The number of amides is 1. The van der Waals surface area contributed by atoms with Crippen LogP contribution in [0, 0.1) is 0 Å². The summed E-state index contributed by atoms with van der Waals surface area (Å²) in [6.45, 7) is 3.29. The normalized spacial score (nSPS) is 18.3. The Bertz CT molecular complexity index is 1430. The minimum absolute atomic E-state index is 0.121. The quantitative estimate of drug-likeness (QED) is 0.410. The average Bonchev–Trinajstić information content (AvgIpc) is 3.27. The van der Waals surface area contributed by atoms with Crippen molar-refractivity contribution in [2.45, 2.75) is 25.3 Å². The van der Waals surface area contributed by atoms with Crippen LogP contribution in [0.3, 0.4) is 0 Å². The van der Waals surface area contributed by atoms with Gasteiger partial charge in [0.15, 0.2) is 0 Å². The number of hydrogen-bond donors (Lipinski definition) is 1. The molecule has 12 heteroatoms. The minimum Gasteiger partial charge on any atom is -0.350 e. The minimum atomic E-state index is -3.88. The van der Waals surface area contributed by atoms with Gasteiger partial charge in [0.2, 0.25) is 0 Å². The number of aromatic amines is 1. The van der Waals surface area contributed by atoms with Crippen molar-refractivity contribution in [3.8, 4) is 0 Å². The van der Waals surface area contributed by atoms with Crippen LogP contribution in [0.4, 0.5) is 0 Å². The first-order valence-electron chi connectivity index (χ1n) is 13.1. The third-order valence-corrected chi connectivity index (χ3v) is 9.63. The largest absolute Gasteiger partial charge is 0.354 e. The van der Waals surface area contributed by atoms with E-state index in [1.165, 1.54) is 18.4 Å². The third-order valence-electron chi connectivity index (χ3n) is 7.49. The number of fused-ring (bicyclic) bond motifs is 1. The van der Waals surface area contributed by atoms with Crippen LogP contribution in [0.15, 0.2) is 42.5 Å². The maximum Gasteiger partial charge on any atom is 0.354 e. The van der Waals surface area contributed by atoms with Gasteiger partial charge in [0.25, 0.3) is 5.91 Å². The highest BCUT2D eigenvalue weighted by Crippen LogP contribution is 2.38. The van der Waals surface area contributed by atoms with Crippen LogP contribution in [0.2, 0.25) is 10.0 Å². The molecule has 2 saturated heterocycles. The molecule has 0 unspecified atom stereocenters. The summed E-state index contributed by atoms with van der Waals surface area (Å²) in [7, 11) is -0.850. The number of piperidine rings is 1. The number of rotatable bonds is 7. The van der Waals surface area contributed by atoms with Gasteiger partial charge in [-0.2, -0.15) is 22.1 Å². The molecule has 1 amide bonds. The first kappa shape index (κ1) is 28.4. The summed E-state index contributed by atoms with van der Waals surface area (Å²) in [6.07, 6.45) is 1.86. The summed E-state index contributed by atoms with van der Waals surface area (Å²) in [4.78, 5) is 21.2. The lowest BCUT2D eigenvalue weighted by Gasteiger charge is -2.34. The Morgan fingerprint density at radius 1 is 0.974 bits per heavy atom. The molecule has 39 heavy (non-hydrogen) atoms. The van der Waals surface area contributed by atoms with E-state index in [0.29, 0.717) is 28.2 Å². The smallest absolute Gasteiger partial charge is 0.350 e. The molecule has 2 fully saturated rings. The van der Waals surface area contributed by atoms with Gasteiger partial charge < -0.3 is 9.88 Å². The van der Waals surface area contributed by atoms with Crippen LogP contribution >= 0.6 is 23.2 Å². The monoisotopic (exact) mass is 593 g/mol. The fourth-order valence-corrected chi connectivity index (χ4v) is 7.35. The number of piperazine rings is 1. The van der Waals surface area contributed by atoms with Crippen LogP contribution in [-0.4, -0.2) is 91.8 Å². The summed E-state index contributed by atoms with van der Waals surface area (Å²) in [5.41, 5.74) is 3.47. The number of hydrogen-bond acceptors (Lipinski definition) is 6. The third kappa shape index (κ3) is 6.12. The van der Waals surface area contributed by atoms with E-state index in [1.807, 2.05) is 42.5 Å². The number of H-pyrrole nitrogens is 1. The Morgan fingerprint density at radius 3 is 2.26 bits per heavy atom. The Hall–Kier alpha value is -2.18. The van der Waals surface area contributed by atoms with Gasteiger partial charge in [-0.1, -0.05) is 47.5 Å². The van der Waals surface area contributed by atoms with Crippen LogP contribution in [-0.2, 0) is 21.1 Å². The molecule has 2 aliphatic heterocycles. The Morgan fingerprint density at radius 2 is 1.62 bits per heavy atom. The van der Waals surface area contributed by atoms with Gasteiger partial charge in [-0.25, -0.2) is 0 Å². The molecule has 0 bridgehead atoms. The Kier molecular flexibility index (Phi) is 8.54. The molecule has 0 radical (unpaired) electrons. The molecule has 2 aromatic carbocycles. The molecule has 5 rings (SSSR count). The number of para-hydroxylation sites is 1. The molecule has 1 aromatic heterocycles. The Labute approximate surface area is 239 Å². The SMILES string of the molecule is CN(C)OS(=O)(=O)N1CCN(C(=O)c2[nH]c3ccccc3c2CN2CCC(c3c(Cl)cccc3Cl)CC2)CC1. The topological polar surface area (TPSA) is 89.2 Å². The maximum absolute atomic E-state index is 13.7. The van der Waals surface area contributed by atoms with E-state index < -0.39 is 10.3 Å². The molecule has 2 aliphatic rings. The van der Waals surface area contributed by atoms with E-state index in [1.54, 1.807) is 4.90 Å². The number of halogens is 2. The zero-order chi connectivity index (χ0) is 27.7. The number of carbonyl (C=O) groups excluding carboxylic acids is 1. The fourth-order valence-electron chi connectivity index (χ4n) is 5.56. The van der Waals surface area contributed by atoms with Crippen LogP contribution in [0.25, 0.3) is 10.9 Å². The number of carbonyl (C=O) groups is 1. The van der Waals surface area contributed by atoms with Gasteiger partial charge in [0.1, 0.15) is 5.69 Å². The first-order valence-corrected chi connectivity index (χ1v) is 15.2. The van der Waals surface area contributed by atoms with Gasteiger partial charge in [-0.15, -0.1) is 0 Å². The zero-order valence-electron chi connectivity index (χ0n) is 22.1. The molecule has 0 aliphatic carbocycles. The van der Waals surface area contributed by atoms with Crippen molar-refractivity contribution in [3.05, 3.63) is 69.3 Å². The van der Waals surface area contributed by atoms with E-state index in [2.05, 4.69) is 9.88 Å². The van der Waals surface area contributed by atoms with Crippen LogP contribution < -0.4 is 0 Å². The highest BCUT2D eigenvalue weighted by atomic mass is 35.5. The van der Waals surface area contributed by atoms with Crippen molar-refractivity contribution in [2.75, 3.05) is 53.4 Å². The van der Waals surface area contributed by atoms with E-state index in [4.69, 9.17) is 27.5 Å². The van der Waals surface area contributed by atoms with E-state index in [9.17, 15) is 13.2 Å². The molecule has 210 valence electrons. The van der Waals surface area contributed by atoms with Gasteiger partial charge in [0, 0.05) is 73.3 Å². The second kappa shape index (κ2) is 11.7. The number of hydroxylamine groups is 2. The van der Waals surface area contributed by atoms with E-state index >= 15 is 0 Å². The molecular weight excluding hydrogens is 561 g/mol. The van der Waals surface area contributed by atoms with E-state index in [-0.39, 0.29) is 32.1 Å². The summed E-state index contributed by atoms with van der Waals surface area (Å²) < 4.78 is 31.1. The van der Waals surface area contributed by atoms with Gasteiger partial charge in [0.05, 0.1) is 0 Å². The fraction of sp³-hybridized carbons (Fsp3) is 0.444. The predicted octanol–water partition coefficient (Wildman–Crippen LogP) is 4.35. The van der Waals surface area contributed by atoms with Gasteiger partial charge in [-0.05, 0) is 55.6 Å². The van der Waals surface area contributed by atoms with Crippen molar-refractivity contribution in [3.63, 3.8) is 0 Å². The average molecular weight is 595 g/mol. The second-order valence-electron chi connectivity index (χ2n) is 10.2. The van der Waals surface area contributed by atoms with Crippen molar-refractivity contribution in [1.29, 1.82) is 0 Å². The summed E-state index contributed by atoms with van der Waals surface area (Å²) in [5, 5.41) is 3.60. The number of likely N-dealkylation sites (tertiary alicyclic amines) is 1. The number of benzene rings is 2. The highest BCUT2D eigenvalue weighted by Gasteiger charge is 2.33. The molecule has 3 aromatic rings. The lowest BCUT2D eigenvalue weighted by molar-refractivity contribution is -0.00702. The molecule has 0 spiro atoms. The van der Waals surface area contributed by atoms with E-state index in [0.717, 1.165) is 53.0 Å².